The van der Waals surface area contributed by atoms with Crippen LogP contribution in [0.2, 0.25) is 0 Å². The first-order valence-electron chi connectivity index (χ1n) is 7.35. The van der Waals surface area contributed by atoms with Gasteiger partial charge in [-0.2, -0.15) is 0 Å². The molecule has 2 rings (SSSR count). The lowest BCUT2D eigenvalue weighted by molar-refractivity contribution is -0.124. The Morgan fingerprint density at radius 1 is 1.24 bits per heavy atom. The van der Waals surface area contributed by atoms with Crippen molar-refractivity contribution >= 4 is 11.9 Å². The molecule has 1 aliphatic heterocycles. The van der Waals surface area contributed by atoms with Crippen LogP contribution in [0.25, 0.3) is 0 Å². The Bertz CT molecular complexity index is 478. The van der Waals surface area contributed by atoms with Gasteiger partial charge in [0.05, 0.1) is 18.1 Å². The van der Waals surface area contributed by atoms with Crippen LogP contribution in [0.3, 0.4) is 0 Å². The smallest absolute Gasteiger partial charge is 0.335 e. The summed E-state index contributed by atoms with van der Waals surface area (Å²) in [4.78, 5) is 22.5. The Labute approximate surface area is 124 Å². The Morgan fingerprint density at radius 2 is 2.00 bits per heavy atom. The van der Waals surface area contributed by atoms with E-state index in [4.69, 9.17) is 9.84 Å². The third-order valence-corrected chi connectivity index (χ3v) is 3.62. The van der Waals surface area contributed by atoms with E-state index in [0.717, 1.165) is 31.4 Å². The highest BCUT2D eigenvalue weighted by Gasteiger charge is 2.17. The van der Waals surface area contributed by atoms with Crippen LogP contribution in [0.1, 0.15) is 41.6 Å². The Kier molecular flexibility index (Phi) is 5.75. The number of rotatable bonds is 6. The molecule has 1 amide bonds. The predicted octanol–water partition coefficient (Wildman–Crippen LogP) is 2.00. The summed E-state index contributed by atoms with van der Waals surface area (Å²) in [5.74, 6) is -0.911. The fourth-order valence-electron chi connectivity index (χ4n) is 2.41. The van der Waals surface area contributed by atoms with Gasteiger partial charge in [0.1, 0.15) is 0 Å². The summed E-state index contributed by atoms with van der Waals surface area (Å²) in [5, 5.41) is 11.7. The standard InChI is InChI=1S/C16H21NO4/c18-15(11-14-3-1-2-10-21-14)17-9-8-12-4-6-13(7-5-12)16(19)20/h4-7,14H,1-3,8-11H2,(H,17,18)(H,19,20). The van der Waals surface area contributed by atoms with Gasteiger partial charge < -0.3 is 15.2 Å². The van der Waals surface area contributed by atoms with Crippen molar-refractivity contribution in [3.63, 3.8) is 0 Å². The van der Waals surface area contributed by atoms with E-state index in [0.29, 0.717) is 19.4 Å². The molecule has 1 heterocycles. The SMILES string of the molecule is O=C(CC1CCCCO1)NCCc1ccc(C(=O)O)cc1. The van der Waals surface area contributed by atoms with E-state index in [9.17, 15) is 9.59 Å². The van der Waals surface area contributed by atoms with Gasteiger partial charge in [-0.25, -0.2) is 4.79 Å². The molecule has 0 radical (unpaired) electrons. The largest absolute Gasteiger partial charge is 0.478 e. The number of carboxylic acids is 1. The minimum Gasteiger partial charge on any atom is -0.478 e. The molecule has 21 heavy (non-hydrogen) atoms. The van der Waals surface area contributed by atoms with Crippen LogP contribution in [0, 0.1) is 0 Å². The first kappa shape index (κ1) is 15.5. The van der Waals surface area contributed by atoms with Gasteiger partial charge >= 0.3 is 5.97 Å². The molecule has 1 aromatic carbocycles. The molecule has 1 saturated heterocycles. The fourth-order valence-corrected chi connectivity index (χ4v) is 2.41. The molecule has 0 aliphatic carbocycles. The number of nitrogens with one attached hydrogen (secondary N) is 1. The first-order chi connectivity index (χ1) is 10.1. The van der Waals surface area contributed by atoms with Gasteiger partial charge in [-0.1, -0.05) is 12.1 Å². The zero-order valence-corrected chi connectivity index (χ0v) is 12.0. The topological polar surface area (TPSA) is 75.6 Å². The second-order valence-electron chi connectivity index (χ2n) is 5.29. The number of aromatic carboxylic acids is 1. The van der Waals surface area contributed by atoms with Crippen molar-refractivity contribution in [1.29, 1.82) is 0 Å². The van der Waals surface area contributed by atoms with Crippen LogP contribution in [-0.4, -0.2) is 36.2 Å². The molecule has 0 spiro atoms. The van der Waals surface area contributed by atoms with Crippen molar-refractivity contribution in [2.24, 2.45) is 0 Å². The number of carboxylic acid groups (broad SMARTS) is 1. The van der Waals surface area contributed by atoms with Crippen molar-refractivity contribution < 1.29 is 19.4 Å². The average Bonchev–Trinajstić information content (AvgIpc) is 2.49. The lowest BCUT2D eigenvalue weighted by Gasteiger charge is -2.21. The maximum absolute atomic E-state index is 11.8. The van der Waals surface area contributed by atoms with Gasteiger partial charge in [-0.15, -0.1) is 0 Å². The summed E-state index contributed by atoms with van der Waals surface area (Å²) in [6.45, 7) is 1.31. The number of amides is 1. The highest BCUT2D eigenvalue weighted by molar-refractivity contribution is 5.87. The van der Waals surface area contributed by atoms with Crippen LogP contribution < -0.4 is 5.32 Å². The fraction of sp³-hybridized carbons (Fsp3) is 0.500. The highest BCUT2D eigenvalue weighted by atomic mass is 16.5. The normalized spacial score (nSPS) is 18.2. The highest BCUT2D eigenvalue weighted by Crippen LogP contribution is 2.15. The summed E-state index contributed by atoms with van der Waals surface area (Å²) in [6, 6.07) is 6.71. The molecule has 1 fully saturated rings. The van der Waals surface area contributed by atoms with Crippen LogP contribution in [0.4, 0.5) is 0 Å². The van der Waals surface area contributed by atoms with Crippen LogP contribution in [0.5, 0.6) is 0 Å². The van der Waals surface area contributed by atoms with E-state index in [-0.39, 0.29) is 17.6 Å². The Balaban J connectivity index is 1.68. The molecule has 1 atom stereocenters. The predicted molar refractivity (Wildman–Crippen MR) is 78.3 cm³/mol. The molecular formula is C16H21NO4. The lowest BCUT2D eigenvalue weighted by atomic mass is 10.1. The molecule has 5 heteroatoms. The number of ether oxygens (including phenoxy) is 1. The van der Waals surface area contributed by atoms with E-state index in [1.165, 1.54) is 0 Å². The average molecular weight is 291 g/mol. The number of carbonyl (C=O) groups excluding carboxylic acids is 1. The molecule has 5 nitrogen and oxygen atoms in total. The van der Waals surface area contributed by atoms with Crippen LogP contribution in [-0.2, 0) is 16.0 Å². The third kappa shape index (κ3) is 5.19. The maximum Gasteiger partial charge on any atom is 0.335 e. The van der Waals surface area contributed by atoms with Crippen molar-refractivity contribution in [1.82, 2.24) is 5.32 Å². The van der Waals surface area contributed by atoms with E-state index in [1.54, 1.807) is 24.3 Å². The zero-order chi connectivity index (χ0) is 15.1. The number of hydrogen-bond acceptors (Lipinski definition) is 3. The summed E-state index contributed by atoms with van der Waals surface area (Å²) < 4.78 is 5.53. The number of hydrogen-bond donors (Lipinski definition) is 2. The molecule has 0 aromatic heterocycles. The summed E-state index contributed by atoms with van der Waals surface area (Å²) in [5.41, 5.74) is 1.28. The molecule has 1 aliphatic rings. The van der Waals surface area contributed by atoms with E-state index >= 15 is 0 Å². The van der Waals surface area contributed by atoms with E-state index in [1.807, 2.05) is 0 Å². The molecule has 0 saturated carbocycles. The molecular weight excluding hydrogens is 270 g/mol. The van der Waals surface area contributed by atoms with Crippen molar-refractivity contribution in [2.75, 3.05) is 13.2 Å². The minimum atomic E-state index is -0.928. The van der Waals surface area contributed by atoms with Gasteiger partial charge in [0.15, 0.2) is 0 Å². The summed E-state index contributed by atoms with van der Waals surface area (Å²) in [6.07, 6.45) is 4.37. The molecule has 114 valence electrons. The van der Waals surface area contributed by atoms with E-state index < -0.39 is 5.97 Å². The van der Waals surface area contributed by atoms with Gasteiger partial charge in [0, 0.05) is 13.2 Å². The Morgan fingerprint density at radius 3 is 2.62 bits per heavy atom. The van der Waals surface area contributed by atoms with Crippen molar-refractivity contribution in [2.45, 2.75) is 38.2 Å². The zero-order valence-electron chi connectivity index (χ0n) is 12.0. The van der Waals surface area contributed by atoms with Crippen LogP contribution >= 0.6 is 0 Å². The molecule has 1 aromatic rings. The van der Waals surface area contributed by atoms with Gasteiger partial charge in [-0.05, 0) is 43.4 Å². The van der Waals surface area contributed by atoms with Gasteiger partial charge in [-0.3, -0.25) is 4.79 Å². The maximum atomic E-state index is 11.8. The summed E-state index contributed by atoms with van der Waals surface area (Å²) >= 11 is 0. The minimum absolute atomic E-state index is 0.0176. The van der Waals surface area contributed by atoms with Crippen molar-refractivity contribution in [3.05, 3.63) is 35.4 Å². The number of benzene rings is 1. The second-order valence-corrected chi connectivity index (χ2v) is 5.29. The molecule has 0 bridgehead atoms. The van der Waals surface area contributed by atoms with E-state index in [2.05, 4.69) is 5.32 Å². The summed E-state index contributed by atoms with van der Waals surface area (Å²) in [7, 11) is 0. The van der Waals surface area contributed by atoms with Gasteiger partial charge in [0.25, 0.3) is 0 Å². The van der Waals surface area contributed by atoms with Gasteiger partial charge in [0.2, 0.25) is 5.91 Å². The van der Waals surface area contributed by atoms with Crippen molar-refractivity contribution in [3.8, 4) is 0 Å². The third-order valence-electron chi connectivity index (χ3n) is 3.62. The quantitative estimate of drug-likeness (QED) is 0.840. The lowest BCUT2D eigenvalue weighted by Crippen LogP contribution is -2.31. The number of carbonyl (C=O) groups is 2. The second kappa shape index (κ2) is 7.78. The molecule has 1 unspecified atom stereocenters. The monoisotopic (exact) mass is 291 g/mol. The Hall–Kier alpha value is -1.88. The molecule has 2 N–H and O–H groups in total. The van der Waals surface area contributed by atoms with Crippen LogP contribution in [0.15, 0.2) is 24.3 Å². The first-order valence-corrected chi connectivity index (χ1v) is 7.35.